The van der Waals surface area contributed by atoms with Crippen molar-refractivity contribution in [1.82, 2.24) is 5.32 Å². The van der Waals surface area contributed by atoms with E-state index >= 15 is 0 Å². The van der Waals surface area contributed by atoms with E-state index in [2.05, 4.69) is 10.6 Å². The van der Waals surface area contributed by atoms with Crippen LogP contribution in [-0.2, 0) is 4.79 Å². The number of hydrogen-bond acceptors (Lipinski definition) is 4. The topological polar surface area (TPSA) is 84.5 Å². The Hall–Kier alpha value is -3.15. The lowest BCUT2D eigenvalue weighted by Crippen LogP contribution is -2.30. The maximum absolute atomic E-state index is 12.3. The van der Waals surface area contributed by atoms with Crippen molar-refractivity contribution in [3.05, 3.63) is 59.7 Å². The first-order chi connectivity index (χ1) is 11.9. The molecule has 0 heterocycles. The maximum atomic E-state index is 12.3. The first-order valence-corrected chi connectivity index (χ1v) is 7.81. The smallest absolute Gasteiger partial charge is 0.265 e. The van der Waals surface area contributed by atoms with Crippen LogP contribution < -0.4 is 15.4 Å². The van der Waals surface area contributed by atoms with Gasteiger partial charge in [0.2, 0.25) is 0 Å². The largest absolute Gasteiger partial charge is 0.481 e. The highest BCUT2D eigenvalue weighted by atomic mass is 16.5. The van der Waals surface area contributed by atoms with E-state index in [1.807, 2.05) is 0 Å². The van der Waals surface area contributed by atoms with Gasteiger partial charge in [-0.1, -0.05) is 18.2 Å². The number of ether oxygens (including phenoxy) is 1. The van der Waals surface area contributed by atoms with Gasteiger partial charge in [0.25, 0.3) is 11.8 Å². The Balaban J connectivity index is 2.04. The molecule has 0 fully saturated rings. The minimum absolute atomic E-state index is 0.0754. The molecular formula is C19H20N2O4. The Kier molecular flexibility index (Phi) is 5.89. The Morgan fingerprint density at radius 1 is 1.00 bits per heavy atom. The molecule has 2 aromatic rings. The fourth-order valence-electron chi connectivity index (χ4n) is 2.17. The summed E-state index contributed by atoms with van der Waals surface area (Å²) in [7, 11) is 1.54. The van der Waals surface area contributed by atoms with Gasteiger partial charge in [-0.25, -0.2) is 0 Å². The van der Waals surface area contributed by atoms with Crippen LogP contribution in [0.5, 0.6) is 5.75 Å². The van der Waals surface area contributed by atoms with Crippen molar-refractivity contribution in [2.24, 2.45) is 0 Å². The van der Waals surface area contributed by atoms with E-state index in [0.717, 1.165) is 0 Å². The van der Waals surface area contributed by atoms with Gasteiger partial charge in [-0.2, -0.15) is 0 Å². The van der Waals surface area contributed by atoms with Gasteiger partial charge in [0.1, 0.15) is 5.75 Å². The minimum Gasteiger partial charge on any atom is -0.481 e. The molecule has 130 valence electrons. The van der Waals surface area contributed by atoms with E-state index < -0.39 is 6.10 Å². The van der Waals surface area contributed by atoms with Crippen LogP contribution >= 0.6 is 0 Å². The molecule has 2 N–H and O–H groups in total. The van der Waals surface area contributed by atoms with Gasteiger partial charge in [0.05, 0.1) is 0 Å². The van der Waals surface area contributed by atoms with Crippen LogP contribution in [0.15, 0.2) is 48.5 Å². The molecule has 0 aromatic heterocycles. The minimum atomic E-state index is -0.772. The van der Waals surface area contributed by atoms with Gasteiger partial charge in [0, 0.05) is 23.9 Å². The molecule has 0 aliphatic heterocycles. The van der Waals surface area contributed by atoms with E-state index in [-0.39, 0.29) is 17.6 Å². The van der Waals surface area contributed by atoms with E-state index in [9.17, 15) is 14.4 Å². The lowest BCUT2D eigenvalue weighted by atomic mass is 10.1. The van der Waals surface area contributed by atoms with Crippen molar-refractivity contribution in [3.8, 4) is 5.75 Å². The highest BCUT2D eigenvalue weighted by Crippen LogP contribution is 2.17. The van der Waals surface area contributed by atoms with E-state index in [1.54, 1.807) is 62.5 Å². The predicted molar refractivity (Wildman–Crippen MR) is 95.0 cm³/mol. The van der Waals surface area contributed by atoms with Crippen molar-refractivity contribution in [3.63, 3.8) is 0 Å². The van der Waals surface area contributed by atoms with Crippen molar-refractivity contribution >= 4 is 23.3 Å². The third kappa shape index (κ3) is 4.91. The number of Topliss-reactive ketones (excluding diaryl/α,β-unsaturated/α-hetero) is 1. The van der Waals surface area contributed by atoms with Crippen LogP contribution in [0.1, 0.15) is 34.6 Å². The summed E-state index contributed by atoms with van der Waals surface area (Å²) in [5.41, 5.74) is 1.46. The van der Waals surface area contributed by atoms with Crippen molar-refractivity contribution in [2.75, 3.05) is 12.4 Å². The third-order valence-electron chi connectivity index (χ3n) is 3.54. The Morgan fingerprint density at radius 3 is 2.36 bits per heavy atom. The molecular weight excluding hydrogens is 320 g/mol. The molecule has 0 radical (unpaired) electrons. The zero-order chi connectivity index (χ0) is 18.4. The van der Waals surface area contributed by atoms with Gasteiger partial charge in [-0.3, -0.25) is 14.4 Å². The molecule has 2 rings (SSSR count). The van der Waals surface area contributed by atoms with Gasteiger partial charge in [-0.05, 0) is 44.2 Å². The molecule has 2 amide bonds. The number of benzene rings is 2. The zero-order valence-corrected chi connectivity index (χ0v) is 14.3. The lowest BCUT2D eigenvalue weighted by molar-refractivity contribution is -0.122. The highest BCUT2D eigenvalue weighted by molar-refractivity contribution is 5.98. The maximum Gasteiger partial charge on any atom is 0.265 e. The summed E-state index contributed by atoms with van der Waals surface area (Å²) in [4.78, 5) is 35.3. The number of hydrogen-bond donors (Lipinski definition) is 2. The van der Waals surface area contributed by atoms with Crippen LogP contribution in [0.3, 0.4) is 0 Å². The van der Waals surface area contributed by atoms with Gasteiger partial charge >= 0.3 is 0 Å². The monoisotopic (exact) mass is 340 g/mol. The van der Waals surface area contributed by atoms with Crippen molar-refractivity contribution in [1.29, 1.82) is 0 Å². The second-order valence-electron chi connectivity index (χ2n) is 5.49. The van der Waals surface area contributed by atoms with Crippen LogP contribution in [0, 0.1) is 0 Å². The number of amides is 2. The molecule has 6 heteroatoms. The number of rotatable bonds is 6. The fraction of sp³-hybridized carbons (Fsp3) is 0.211. The highest BCUT2D eigenvalue weighted by Gasteiger charge is 2.16. The van der Waals surface area contributed by atoms with E-state index in [4.69, 9.17) is 4.74 Å². The number of carbonyl (C=O) groups is 3. The average Bonchev–Trinajstić information content (AvgIpc) is 2.61. The number of carbonyl (C=O) groups excluding carboxylic acids is 3. The SMILES string of the molecule is CNC(=O)c1cccc(NC(=O)C(C)Oc2cccc(C(C)=O)c2)c1. The first kappa shape index (κ1) is 18.2. The molecule has 0 aliphatic carbocycles. The van der Waals surface area contributed by atoms with Crippen molar-refractivity contribution < 1.29 is 19.1 Å². The summed E-state index contributed by atoms with van der Waals surface area (Å²) in [6.07, 6.45) is -0.772. The van der Waals surface area contributed by atoms with E-state index in [1.165, 1.54) is 6.92 Å². The normalized spacial score (nSPS) is 11.3. The van der Waals surface area contributed by atoms with Crippen molar-refractivity contribution in [2.45, 2.75) is 20.0 Å². The predicted octanol–water partition coefficient (Wildman–Crippen LogP) is 2.65. The molecule has 0 aliphatic rings. The fourth-order valence-corrected chi connectivity index (χ4v) is 2.17. The first-order valence-electron chi connectivity index (χ1n) is 7.81. The van der Waals surface area contributed by atoms with Gasteiger partial charge in [-0.15, -0.1) is 0 Å². The Labute approximate surface area is 146 Å². The lowest BCUT2D eigenvalue weighted by Gasteiger charge is -2.15. The summed E-state index contributed by atoms with van der Waals surface area (Å²) in [6.45, 7) is 3.08. The summed E-state index contributed by atoms with van der Waals surface area (Å²) in [5.74, 6) is -0.230. The molecule has 1 atom stereocenters. The molecule has 0 bridgehead atoms. The van der Waals surface area contributed by atoms with E-state index in [0.29, 0.717) is 22.6 Å². The van der Waals surface area contributed by atoms with Crippen LogP contribution in [0.4, 0.5) is 5.69 Å². The number of nitrogens with one attached hydrogen (secondary N) is 2. The summed E-state index contributed by atoms with van der Waals surface area (Å²) >= 11 is 0. The Morgan fingerprint density at radius 2 is 1.68 bits per heavy atom. The zero-order valence-electron chi connectivity index (χ0n) is 14.3. The summed E-state index contributed by atoms with van der Waals surface area (Å²) in [5, 5.41) is 5.24. The summed E-state index contributed by atoms with van der Waals surface area (Å²) in [6, 6.07) is 13.3. The Bertz CT molecular complexity index is 802. The number of ketones is 1. The van der Waals surface area contributed by atoms with Gasteiger partial charge in [0.15, 0.2) is 11.9 Å². The van der Waals surface area contributed by atoms with Crippen LogP contribution in [0.2, 0.25) is 0 Å². The molecule has 1 unspecified atom stereocenters. The third-order valence-corrected chi connectivity index (χ3v) is 3.54. The average molecular weight is 340 g/mol. The summed E-state index contributed by atoms with van der Waals surface area (Å²) < 4.78 is 5.59. The molecule has 2 aromatic carbocycles. The van der Waals surface area contributed by atoms with Gasteiger partial charge < -0.3 is 15.4 Å². The molecule has 6 nitrogen and oxygen atoms in total. The van der Waals surface area contributed by atoms with Crippen LogP contribution in [-0.4, -0.2) is 30.7 Å². The quantitative estimate of drug-likeness (QED) is 0.792. The molecule has 25 heavy (non-hydrogen) atoms. The number of anilines is 1. The standard InChI is InChI=1S/C19H20N2O4/c1-12(22)14-6-5-9-17(11-14)25-13(2)18(23)21-16-8-4-7-15(10-16)19(24)20-3/h4-11,13H,1-3H3,(H,20,24)(H,21,23). The molecule has 0 spiro atoms. The van der Waals surface area contributed by atoms with Crippen LogP contribution in [0.25, 0.3) is 0 Å². The molecule has 0 saturated heterocycles. The second kappa shape index (κ2) is 8.10. The second-order valence-corrected chi connectivity index (χ2v) is 5.49. The molecule has 0 saturated carbocycles.